The highest BCUT2D eigenvalue weighted by Gasteiger charge is 2.12. The van der Waals surface area contributed by atoms with E-state index >= 15 is 0 Å². The molecule has 0 aromatic heterocycles. The van der Waals surface area contributed by atoms with Gasteiger partial charge in [0.05, 0.1) is 0 Å². The normalized spacial score (nSPS) is 10.1. The minimum atomic E-state index is -0.331. The summed E-state index contributed by atoms with van der Waals surface area (Å²) < 4.78 is 0. The van der Waals surface area contributed by atoms with E-state index < -0.39 is 0 Å². The maximum atomic E-state index is 12.6. The molecule has 0 bridgehead atoms. The van der Waals surface area contributed by atoms with E-state index in [0.29, 0.717) is 22.5 Å². The van der Waals surface area contributed by atoms with E-state index in [4.69, 9.17) is 0 Å². The first-order valence-electron chi connectivity index (χ1n) is 9.08. The number of carbonyl (C=O) groups is 3. The van der Waals surface area contributed by atoms with Gasteiger partial charge in [0.1, 0.15) is 0 Å². The molecular weight excluding hydrogens is 366 g/mol. The van der Waals surface area contributed by atoms with Crippen LogP contribution in [0.15, 0.2) is 72.8 Å². The molecular formula is C23H21N3O3. The minimum Gasteiger partial charge on any atom is -0.326 e. The molecule has 0 spiro atoms. The van der Waals surface area contributed by atoms with E-state index in [9.17, 15) is 14.4 Å². The zero-order chi connectivity index (χ0) is 20.8. The average molecular weight is 387 g/mol. The number of aryl methyl sites for hydroxylation is 1. The summed E-state index contributed by atoms with van der Waals surface area (Å²) in [7, 11) is 0. The highest BCUT2D eigenvalue weighted by Crippen LogP contribution is 2.17. The van der Waals surface area contributed by atoms with Crippen molar-refractivity contribution in [1.82, 2.24) is 0 Å². The number of benzene rings is 3. The second kappa shape index (κ2) is 8.84. The van der Waals surface area contributed by atoms with Gasteiger partial charge in [-0.15, -0.1) is 0 Å². The van der Waals surface area contributed by atoms with Gasteiger partial charge in [-0.2, -0.15) is 0 Å². The molecule has 0 radical (unpaired) electrons. The SMILES string of the molecule is CC(=O)Nc1ccc(NC(=O)c2cccc(C(=O)Nc3ccccc3C)c2)cc1. The molecule has 3 aromatic carbocycles. The van der Waals surface area contributed by atoms with Crippen molar-refractivity contribution in [2.75, 3.05) is 16.0 Å². The van der Waals surface area contributed by atoms with Gasteiger partial charge in [-0.3, -0.25) is 14.4 Å². The second-order valence-electron chi connectivity index (χ2n) is 6.56. The van der Waals surface area contributed by atoms with Crippen LogP contribution in [0.3, 0.4) is 0 Å². The Bertz CT molecular complexity index is 1060. The molecule has 3 rings (SSSR count). The number of nitrogens with one attached hydrogen (secondary N) is 3. The minimum absolute atomic E-state index is 0.164. The number of hydrogen-bond acceptors (Lipinski definition) is 3. The largest absolute Gasteiger partial charge is 0.326 e. The highest BCUT2D eigenvalue weighted by atomic mass is 16.2. The molecule has 0 atom stereocenters. The van der Waals surface area contributed by atoms with Gasteiger partial charge >= 0.3 is 0 Å². The van der Waals surface area contributed by atoms with Crippen LogP contribution in [0.4, 0.5) is 17.1 Å². The van der Waals surface area contributed by atoms with Gasteiger partial charge in [-0.1, -0.05) is 24.3 Å². The van der Waals surface area contributed by atoms with Crippen LogP contribution in [-0.4, -0.2) is 17.7 Å². The van der Waals surface area contributed by atoms with Gasteiger partial charge in [-0.25, -0.2) is 0 Å². The Kier molecular flexibility index (Phi) is 6.04. The third kappa shape index (κ3) is 5.29. The maximum Gasteiger partial charge on any atom is 0.255 e. The summed E-state index contributed by atoms with van der Waals surface area (Å²) in [6.45, 7) is 3.34. The third-order valence-corrected chi connectivity index (χ3v) is 4.24. The lowest BCUT2D eigenvalue weighted by molar-refractivity contribution is -0.114. The van der Waals surface area contributed by atoms with Gasteiger partial charge in [0.2, 0.25) is 5.91 Å². The second-order valence-corrected chi connectivity index (χ2v) is 6.56. The first kappa shape index (κ1) is 19.8. The fourth-order valence-electron chi connectivity index (χ4n) is 2.75. The van der Waals surface area contributed by atoms with Crippen molar-refractivity contribution in [3.8, 4) is 0 Å². The number of amides is 3. The summed E-state index contributed by atoms with van der Waals surface area (Å²) in [6, 6.07) is 20.8. The van der Waals surface area contributed by atoms with Gasteiger partial charge in [0, 0.05) is 35.1 Å². The van der Waals surface area contributed by atoms with Crippen LogP contribution in [0, 0.1) is 6.92 Å². The number of rotatable bonds is 5. The van der Waals surface area contributed by atoms with E-state index in [1.807, 2.05) is 31.2 Å². The monoisotopic (exact) mass is 387 g/mol. The van der Waals surface area contributed by atoms with Crippen LogP contribution in [0.5, 0.6) is 0 Å². The van der Waals surface area contributed by atoms with Crippen molar-refractivity contribution in [2.45, 2.75) is 13.8 Å². The van der Waals surface area contributed by atoms with Crippen LogP contribution in [0.2, 0.25) is 0 Å². The summed E-state index contributed by atoms with van der Waals surface area (Å²) >= 11 is 0. The van der Waals surface area contributed by atoms with Crippen LogP contribution < -0.4 is 16.0 Å². The summed E-state index contributed by atoms with van der Waals surface area (Å²) in [6.07, 6.45) is 0. The molecule has 0 aliphatic heterocycles. The van der Waals surface area contributed by atoms with Crippen LogP contribution in [-0.2, 0) is 4.79 Å². The summed E-state index contributed by atoms with van der Waals surface area (Å²) in [5.74, 6) is -0.779. The predicted molar refractivity (Wildman–Crippen MR) is 114 cm³/mol. The molecule has 0 heterocycles. The Morgan fingerprint density at radius 3 is 1.79 bits per heavy atom. The Balaban J connectivity index is 1.70. The lowest BCUT2D eigenvalue weighted by atomic mass is 10.1. The highest BCUT2D eigenvalue weighted by molar-refractivity contribution is 6.09. The van der Waals surface area contributed by atoms with Crippen molar-refractivity contribution < 1.29 is 14.4 Å². The zero-order valence-electron chi connectivity index (χ0n) is 16.2. The van der Waals surface area contributed by atoms with Gasteiger partial charge in [0.25, 0.3) is 11.8 Å². The smallest absolute Gasteiger partial charge is 0.255 e. The van der Waals surface area contributed by atoms with Crippen molar-refractivity contribution in [3.05, 3.63) is 89.5 Å². The van der Waals surface area contributed by atoms with E-state index in [-0.39, 0.29) is 17.7 Å². The molecule has 0 aliphatic carbocycles. The predicted octanol–water partition coefficient (Wildman–Crippen LogP) is 4.46. The number of anilines is 3. The molecule has 0 saturated carbocycles. The molecule has 3 N–H and O–H groups in total. The Hall–Kier alpha value is -3.93. The lowest BCUT2D eigenvalue weighted by Gasteiger charge is -2.10. The van der Waals surface area contributed by atoms with Crippen molar-refractivity contribution in [3.63, 3.8) is 0 Å². The molecule has 29 heavy (non-hydrogen) atoms. The van der Waals surface area contributed by atoms with E-state index in [1.54, 1.807) is 48.5 Å². The third-order valence-electron chi connectivity index (χ3n) is 4.24. The first-order chi connectivity index (χ1) is 13.9. The summed E-state index contributed by atoms with van der Waals surface area (Å²) in [5.41, 5.74) is 3.67. The van der Waals surface area contributed by atoms with E-state index in [0.717, 1.165) is 11.3 Å². The molecule has 6 heteroatoms. The molecule has 6 nitrogen and oxygen atoms in total. The fourth-order valence-corrected chi connectivity index (χ4v) is 2.75. The standard InChI is InChI=1S/C23H21N3O3/c1-15-6-3-4-9-21(15)26-23(29)18-8-5-7-17(14-18)22(28)25-20-12-10-19(11-13-20)24-16(2)27/h3-14H,1-2H3,(H,24,27)(H,25,28)(H,26,29). The maximum absolute atomic E-state index is 12.6. The molecule has 0 unspecified atom stereocenters. The van der Waals surface area contributed by atoms with Gasteiger partial charge < -0.3 is 16.0 Å². The van der Waals surface area contributed by atoms with Crippen LogP contribution >= 0.6 is 0 Å². The lowest BCUT2D eigenvalue weighted by Crippen LogP contribution is -2.16. The molecule has 0 saturated heterocycles. The molecule has 3 amide bonds. The van der Waals surface area contributed by atoms with Crippen molar-refractivity contribution in [2.24, 2.45) is 0 Å². The first-order valence-corrected chi connectivity index (χ1v) is 9.08. The molecule has 146 valence electrons. The van der Waals surface area contributed by atoms with E-state index in [1.165, 1.54) is 6.92 Å². The van der Waals surface area contributed by atoms with E-state index in [2.05, 4.69) is 16.0 Å². The number of para-hydroxylation sites is 1. The summed E-state index contributed by atoms with van der Waals surface area (Å²) in [4.78, 5) is 36.2. The average Bonchev–Trinajstić information content (AvgIpc) is 2.71. The quantitative estimate of drug-likeness (QED) is 0.604. The zero-order valence-corrected chi connectivity index (χ0v) is 16.2. The fraction of sp³-hybridized carbons (Fsp3) is 0.0870. The topological polar surface area (TPSA) is 87.3 Å². The van der Waals surface area contributed by atoms with Crippen molar-refractivity contribution in [1.29, 1.82) is 0 Å². The Morgan fingerprint density at radius 2 is 1.21 bits per heavy atom. The van der Waals surface area contributed by atoms with Crippen LogP contribution in [0.1, 0.15) is 33.2 Å². The molecule has 3 aromatic rings. The number of hydrogen-bond donors (Lipinski definition) is 3. The molecule has 0 aliphatic rings. The van der Waals surface area contributed by atoms with Gasteiger partial charge in [0.15, 0.2) is 0 Å². The van der Waals surface area contributed by atoms with Crippen molar-refractivity contribution >= 4 is 34.8 Å². The van der Waals surface area contributed by atoms with Gasteiger partial charge in [-0.05, 0) is 61.0 Å². The Morgan fingerprint density at radius 1 is 0.655 bits per heavy atom. The number of carbonyl (C=O) groups excluding carboxylic acids is 3. The Labute approximate surface area is 169 Å². The summed E-state index contributed by atoms with van der Waals surface area (Å²) in [5, 5.41) is 8.30. The molecule has 0 fully saturated rings. The van der Waals surface area contributed by atoms with Crippen LogP contribution in [0.25, 0.3) is 0 Å².